The van der Waals surface area contributed by atoms with Crippen molar-refractivity contribution < 1.29 is 12.8 Å². The first kappa shape index (κ1) is 16.8. The van der Waals surface area contributed by atoms with Crippen molar-refractivity contribution in [2.75, 3.05) is 20.1 Å². The first-order valence-corrected chi connectivity index (χ1v) is 7.95. The summed E-state index contributed by atoms with van der Waals surface area (Å²) >= 11 is 0. The van der Waals surface area contributed by atoms with Crippen LogP contribution >= 0.6 is 0 Å². The molecule has 0 aliphatic heterocycles. The standard InChI is InChI=1S/C14H21FN2O2S/c1-4-8-17(9-5-2)20(18,19)14-10-13(15)7-6-12(14)11-16-3/h4,6-7,10,16H,1,5,8-9,11H2,2-3H3. The van der Waals surface area contributed by atoms with Crippen LogP contribution in [0.3, 0.4) is 0 Å². The van der Waals surface area contributed by atoms with Gasteiger partial charge < -0.3 is 5.32 Å². The lowest BCUT2D eigenvalue weighted by atomic mass is 10.2. The molecule has 0 saturated heterocycles. The van der Waals surface area contributed by atoms with E-state index < -0.39 is 15.8 Å². The molecule has 1 N–H and O–H groups in total. The molecule has 0 aliphatic carbocycles. The van der Waals surface area contributed by atoms with Gasteiger partial charge in [0.05, 0.1) is 4.90 Å². The van der Waals surface area contributed by atoms with Gasteiger partial charge in [-0.2, -0.15) is 4.31 Å². The van der Waals surface area contributed by atoms with Crippen molar-refractivity contribution in [3.8, 4) is 0 Å². The maximum atomic E-state index is 13.4. The van der Waals surface area contributed by atoms with Gasteiger partial charge in [-0.05, 0) is 31.2 Å². The van der Waals surface area contributed by atoms with Crippen LogP contribution in [0.2, 0.25) is 0 Å². The van der Waals surface area contributed by atoms with E-state index in [4.69, 9.17) is 0 Å². The molecular weight excluding hydrogens is 279 g/mol. The quantitative estimate of drug-likeness (QED) is 0.748. The summed E-state index contributed by atoms with van der Waals surface area (Å²) in [6.45, 7) is 6.43. The Bertz CT molecular complexity index is 558. The van der Waals surface area contributed by atoms with Crippen molar-refractivity contribution >= 4 is 10.0 Å². The monoisotopic (exact) mass is 300 g/mol. The second-order valence-corrected chi connectivity index (χ2v) is 6.34. The van der Waals surface area contributed by atoms with E-state index in [2.05, 4.69) is 11.9 Å². The van der Waals surface area contributed by atoms with Gasteiger partial charge in [0.25, 0.3) is 0 Å². The van der Waals surface area contributed by atoms with E-state index in [1.165, 1.54) is 22.5 Å². The summed E-state index contributed by atoms with van der Waals surface area (Å²) in [5, 5.41) is 2.89. The third-order valence-corrected chi connectivity index (χ3v) is 4.77. The first-order chi connectivity index (χ1) is 9.47. The molecule has 0 radical (unpaired) electrons. The van der Waals surface area contributed by atoms with E-state index >= 15 is 0 Å². The maximum absolute atomic E-state index is 13.4. The van der Waals surface area contributed by atoms with Crippen molar-refractivity contribution in [3.63, 3.8) is 0 Å². The smallest absolute Gasteiger partial charge is 0.243 e. The minimum atomic E-state index is -3.72. The molecule has 112 valence electrons. The second kappa shape index (κ2) is 7.52. The minimum absolute atomic E-state index is 0.0159. The van der Waals surface area contributed by atoms with E-state index in [1.807, 2.05) is 6.92 Å². The van der Waals surface area contributed by atoms with E-state index in [9.17, 15) is 12.8 Å². The highest BCUT2D eigenvalue weighted by molar-refractivity contribution is 7.89. The van der Waals surface area contributed by atoms with Crippen LogP contribution in [-0.4, -0.2) is 32.9 Å². The number of rotatable bonds is 8. The fourth-order valence-corrected chi connectivity index (χ4v) is 3.68. The highest BCUT2D eigenvalue weighted by atomic mass is 32.2. The average molecular weight is 300 g/mol. The van der Waals surface area contributed by atoms with Gasteiger partial charge in [0.2, 0.25) is 10.0 Å². The van der Waals surface area contributed by atoms with Crippen molar-refractivity contribution in [1.29, 1.82) is 0 Å². The van der Waals surface area contributed by atoms with Gasteiger partial charge >= 0.3 is 0 Å². The van der Waals surface area contributed by atoms with Crippen LogP contribution in [0, 0.1) is 5.82 Å². The van der Waals surface area contributed by atoms with Crippen LogP contribution in [0.1, 0.15) is 18.9 Å². The zero-order valence-electron chi connectivity index (χ0n) is 11.9. The van der Waals surface area contributed by atoms with Crippen LogP contribution in [0.15, 0.2) is 35.7 Å². The predicted molar refractivity (Wildman–Crippen MR) is 78.4 cm³/mol. The van der Waals surface area contributed by atoms with E-state index in [0.29, 0.717) is 25.1 Å². The van der Waals surface area contributed by atoms with Crippen LogP contribution < -0.4 is 5.32 Å². The van der Waals surface area contributed by atoms with Crippen LogP contribution in [0.5, 0.6) is 0 Å². The van der Waals surface area contributed by atoms with E-state index in [-0.39, 0.29) is 11.4 Å². The van der Waals surface area contributed by atoms with Crippen molar-refractivity contribution in [2.45, 2.75) is 24.8 Å². The normalized spacial score (nSPS) is 11.8. The summed E-state index contributed by atoms with van der Waals surface area (Å²) in [5.41, 5.74) is 0.555. The summed E-state index contributed by atoms with van der Waals surface area (Å²) in [4.78, 5) is 0.0159. The largest absolute Gasteiger partial charge is 0.316 e. The Balaban J connectivity index is 3.30. The molecule has 0 unspecified atom stereocenters. The van der Waals surface area contributed by atoms with Crippen molar-refractivity contribution in [2.24, 2.45) is 0 Å². The lowest BCUT2D eigenvalue weighted by Crippen LogP contribution is -2.33. The van der Waals surface area contributed by atoms with Gasteiger partial charge in [-0.1, -0.05) is 19.1 Å². The number of hydrogen-bond donors (Lipinski definition) is 1. The zero-order valence-corrected chi connectivity index (χ0v) is 12.7. The summed E-state index contributed by atoms with van der Waals surface area (Å²) in [5.74, 6) is -0.557. The van der Waals surface area contributed by atoms with Crippen molar-refractivity contribution in [3.05, 3.63) is 42.2 Å². The third-order valence-electron chi connectivity index (χ3n) is 2.82. The highest BCUT2D eigenvalue weighted by Crippen LogP contribution is 2.22. The predicted octanol–water partition coefficient (Wildman–Crippen LogP) is 2.13. The van der Waals surface area contributed by atoms with E-state index in [0.717, 1.165) is 6.07 Å². The molecular formula is C14H21FN2O2S. The maximum Gasteiger partial charge on any atom is 0.243 e. The summed E-state index contributed by atoms with van der Waals surface area (Å²) in [7, 11) is -2.00. The molecule has 0 heterocycles. The van der Waals surface area contributed by atoms with Gasteiger partial charge in [0, 0.05) is 19.6 Å². The molecule has 1 aromatic carbocycles. The Hall–Kier alpha value is -1.24. The fourth-order valence-electron chi connectivity index (χ4n) is 1.95. The highest BCUT2D eigenvalue weighted by Gasteiger charge is 2.25. The van der Waals surface area contributed by atoms with Crippen LogP contribution in [0.4, 0.5) is 4.39 Å². The van der Waals surface area contributed by atoms with Gasteiger partial charge in [-0.25, -0.2) is 12.8 Å². The van der Waals surface area contributed by atoms with Crippen molar-refractivity contribution in [1.82, 2.24) is 9.62 Å². The Kier molecular flexibility index (Phi) is 6.32. The summed E-state index contributed by atoms with van der Waals surface area (Å²) in [6, 6.07) is 3.84. The number of nitrogens with one attached hydrogen (secondary N) is 1. The number of nitrogens with zero attached hydrogens (tertiary/aromatic N) is 1. The Labute approximate surface area is 120 Å². The lowest BCUT2D eigenvalue weighted by Gasteiger charge is -2.21. The second-order valence-electron chi connectivity index (χ2n) is 4.43. The topological polar surface area (TPSA) is 49.4 Å². The number of sulfonamides is 1. The molecule has 4 nitrogen and oxygen atoms in total. The molecule has 0 amide bonds. The zero-order chi connectivity index (χ0) is 15.2. The van der Waals surface area contributed by atoms with Gasteiger partial charge in [-0.15, -0.1) is 6.58 Å². The number of hydrogen-bond acceptors (Lipinski definition) is 3. The van der Waals surface area contributed by atoms with Crippen LogP contribution in [-0.2, 0) is 16.6 Å². The minimum Gasteiger partial charge on any atom is -0.316 e. The molecule has 0 aliphatic rings. The first-order valence-electron chi connectivity index (χ1n) is 6.51. The molecule has 0 bridgehead atoms. The third kappa shape index (κ3) is 3.88. The molecule has 0 saturated carbocycles. The Morgan fingerprint density at radius 3 is 2.70 bits per heavy atom. The van der Waals surface area contributed by atoms with Gasteiger partial charge in [0.1, 0.15) is 5.82 Å². The van der Waals surface area contributed by atoms with Crippen LogP contribution in [0.25, 0.3) is 0 Å². The van der Waals surface area contributed by atoms with Gasteiger partial charge in [0.15, 0.2) is 0 Å². The number of benzene rings is 1. The lowest BCUT2D eigenvalue weighted by molar-refractivity contribution is 0.440. The average Bonchev–Trinajstić information content (AvgIpc) is 2.40. The molecule has 1 rings (SSSR count). The SMILES string of the molecule is C=CCN(CCC)S(=O)(=O)c1cc(F)ccc1CNC. The molecule has 0 fully saturated rings. The summed E-state index contributed by atoms with van der Waals surface area (Å²) < 4.78 is 40.0. The molecule has 20 heavy (non-hydrogen) atoms. The Morgan fingerprint density at radius 1 is 1.45 bits per heavy atom. The molecule has 1 aromatic rings. The van der Waals surface area contributed by atoms with Gasteiger partial charge in [-0.3, -0.25) is 0 Å². The fraction of sp³-hybridized carbons (Fsp3) is 0.429. The Morgan fingerprint density at radius 2 is 2.15 bits per heavy atom. The van der Waals surface area contributed by atoms with E-state index in [1.54, 1.807) is 7.05 Å². The molecule has 0 aromatic heterocycles. The summed E-state index contributed by atoms with van der Waals surface area (Å²) in [6.07, 6.45) is 2.22. The molecule has 0 atom stereocenters. The molecule has 6 heteroatoms. The number of halogens is 1. The molecule has 0 spiro atoms.